The fraction of sp³-hybridized carbons (Fsp3) is 0.200. The van der Waals surface area contributed by atoms with E-state index in [0.29, 0.717) is 30.3 Å². The van der Waals surface area contributed by atoms with E-state index in [2.05, 4.69) is 33.1 Å². The molecule has 5 nitrogen and oxygen atoms in total. The van der Waals surface area contributed by atoms with Crippen LogP contribution in [0.1, 0.15) is 39.5 Å². The van der Waals surface area contributed by atoms with Gasteiger partial charge in [-0.25, -0.2) is 5.43 Å². The summed E-state index contributed by atoms with van der Waals surface area (Å²) in [7, 11) is 0. The molecule has 0 atom stereocenters. The lowest BCUT2D eigenvalue weighted by Crippen LogP contribution is -2.22. The second-order valence-electron chi connectivity index (χ2n) is 7.28. The summed E-state index contributed by atoms with van der Waals surface area (Å²) in [6.45, 7) is 4.62. The van der Waals surface area contributed by atoms with Gasteiger partial charge in [0.2, 0.25) is 0 Å². The highest BCUT2D eigenvalue weighted by Crippen LogP contribution is 2.35. The number of hydrazone groups is 1. The summed E-state index contributed by atoms with van der Waals surface area (Å²) in [4.78, 5) is 12.3. The minimum atomic E-state index is -4.64. The predicted molar refractivity (Wildman–Crippen MR) is 132 cm³/mol. The summed E-state index contributed by atoms with van der Waals surface area (Å²) in [6, 6.07) is 16.0. The number of benzene rings is 3. The number of aryl methyl sites for hydroxylation is 1. The van der Waals surface area contributed by atoms with Crippen molar-refractivity contribution in [1.82, 2.24) is 5.43 Å². The molecule has 34 heavy (non-hydrogen) atoms. The van der Waals surface area contributed by atoms with Crippen molar-refractivity contribution in [1.29, 1.82) is 0 Å². The highest BCUT2D eigenvalue weighted by molar-refractivity contribution is 14.1. The van der Waals surface area contributed by atoms with Gasteiger partial charge in [-0.2, -0.15) is 18.3 Å². The Morgan fingerprint density at radius 2 is 1.79 bits per heavy atom. The minimum absolute atomic E-state index is 0.360. The third kappa shape index (κ3) is 6.72. The van der Waals surface area contributed by atoms with Gasteiger partial charge in [0.05, 0.1) is 27.5 Å². The number of carbonyl (C=O) groups is 1. The molecule has 0 unspecified atom stereocenters. The van der Waals surface area contributed by atoms with Crippen LogP contribution in [0.15, 0.2) is 65.8 Å². The number of halogens is 4. The Morgan fingerprint density at radius 1 is 1.09 bits per heavy atom. The summed E-state index contributed by atoms with van der Waals surface area (Å²) in [5.74, 6) is 0.113. The van der Waals surface area contributed by atoms with Crippen LogP contribution in [0.4, 0.5) is 13.2 Å². The molecule has 1 amide bonds. The third-order valence-corrected chi connectivity index (χ3v) is 5.49. The molecule has 3 aromatic carbocycles. The monoisotopic (exact) mass is 582 g/mol. The van der Waals surface area contributed by atoms with Crippen LogP contribution in [0.25, 0.3) is 0 Å². The lowest BCUT2D eigenvalue weighted by Gasteiger charge is -2.15. The molecule has 0 spiro atoms. The Kier molecular flexibility index (Phi) is 8.54. The highest BCUT2D eigenvalue weighted by Gasteiger charge is 2.34. The van der Waals surface area contributed by atoms with Crippen LogP contribution in [0.2, 0.25) is 0 Å². The Bertz CT molecular complexity index is 1180. The molecular formula is C25H22F3IN2O3. The summed E-state index contributed by atoms with van der Waals surface area (Å²) >= 11 is 2.11. The van der Waals surface area contributed by atoms with Crippen molar-refractivity contribution in [2.24, 2.45) is 5.10 Å². The molecule has 1 N–H and O–H groups in total. The first-order chi connectivity index (χ1) is 16.2. The van der Waals surface area contributed by atoms with Gasteiger partial charge >= 0.3 is 6.18 Å². The average molecular weight is 582 g/mol. The molecule has 0 aromatic heterocycles. The van der Waals surface area contributed by atoms with Gasteiger partial charge < -0.3 is 9.47 Å². The summed E-state index contributed by atoms with van der Waals surface area (Å²) in [6.07, 6.45) is -3.31. The standard InChI is InChI=1S/C25H22F3IN2O3/c1-3-33-22-13-18(12-21(29)23(22)34-15-17-10-8-16(2)9-11-17)14-30-31-24(32)19-6-4-5-7-20(19)25(26,27)28/h4-14H,3,15H2,1-2H3,(H,31,32)/b30-14+. The zero-order chi connectivity index (χ0) is 24.7. The Hall–Kier alpha value is -3.08. The van der Waals surface area contributed by atoms with Crippen molar-refractivity contribution >= 4 is 34.7 Å². The molecule has 9 heteroatoms. The zero-order valence-corrected chi connectivity index (χ0v) is 20.6. The fourth-order valence-electron chi connectivity index (χ4n) is 3.06. The second-order valence-corrected chi connectivity index (χ2v) is 8.44. The fourth-order valence-corrected chi connectivity index (χ4v) is 3.84. The number of carbonyl (C=O) groups excluding carboxylic acids is 1. The van der Waals surface area contributed by atoms with E-state index in [0.717, 1.165) is 26.8 Å². The van der Waals surface area contributed by atoms with E-state index in [9.17, 15) is 18.0 Å². The Balaban J connectivity index is 1.75. The largest absolute Gasteiger partial charge is 0.490 e. The molecule has 0 heterocycles. The van der Waals surface area contributed by atoms with Crippen LogP contribution in [-0.4, -0.2) is 18.7 Å². The van der Waals surface area contributed by atoms with Crippen LogP contribution < -0.4 is 14.9 Å². The lowest BCUT2D eigenvalue weighted by atomic mass is 10.1. The predicted octanol–water partition coefficient (Wildman–Crippen LogP) is 6.36. The van der Waals surface area contributed by atoms with E-state index < -0.39 is 23.2 Å². The first-order valence-electron chi connectivity index (χ1n) is 10.3. The van der Waals surface area contributed by atoms with E-state index in [1.54, 1.807) is 12.1 Å². The average Bonchev–Trinajstić information content (AvgIpc) is 2.79. The van der Waals surface area contributed by atoms with E-state index in [1.165, 1.54) is 18.3 Å². The normalized spacial score (nSPS) is 11.5. The van der Waals surface area contributed by atoms with Crippen molar-refractivity contribution in [3.63, 3.8) is 0 Å². The molecular weight excluding hydrogens is 560 g/mol. The van der Waals surface area contributed by atoms with Crippen LogP contribution in [-0.2, 0) is 12.8 Å². The number of hydrogen-bond donors (Lipinski definition) is 1. The molecule has 0 aliphatic rings. The van der Waals surface area contributed by atoms with E-state index in [1.807, 2.05) is 38.1 Å². The summed E-state index contributed by atoms with van der Waals surface area (Å²) in [5.41, 5.74) is 3.38. The van der Waals surface area contributed by atoms with Crippen molar-refractivity contribution in [3.8, 4) is 11.5 Å². The van der Waals surface area contributed by atoms with Crippen LogP contribution in [0, 0.1) is 10.5 Å². The zero-order valence-electron chi connectivity index (χ0n) is 18.4. The topological polar surface area (TPSA) is 59.9 Å². The van der Waals surface area contributed by atoms with E-state index in [-0.39, 0.29) is 0 Å². The second kappa shape index (κ2) is 11.4. The van der Waals surface area contributed by atoms with Crippen LogP contribution in [0.3, 0.4) is 0 Å². The quantitative estimate of drug-likeness (QED) is 0.191. The van der Waals surface area contributed by atoms with Gasteiger partial charge in [-0.15, -0.1) is 0 Å². The van der Waals surface area contributed by atoms with E-state index in [4.69, 9.17) is 9.47 Å². The molecule has 0 radical (unpaired) electrons. The third-order valence-electron chi connectivity index (χ3n) is 4.69. The number of ether oxygens (including phenoxy) is 2. The van der Waals surface area contributed by atoms with E-state index >= 15 is 0 Å². The lowest BCUT2D eigenvalue weighted by molar-refractivity contribution is -0.137. The van der Waals surface area contributed by atoms with Gasteiger partial charge in [0.15, 0.2) is 11.5 Å². The van der Waals surface area contributed by atoms with Gasteiger partial charge in [0, 0.05) is 0 Å². The van der Waals surface area contributed by atoms with Crippen LogP contribution >= 0.6 is 22.6 Å². The van der Waals surface area contributed by atoms with Crippen molar-refractivity contribution in [2.45, 2.75) is 26.6 Å². The SMILES string of the molecule is CCOc1cc(/C=N/NC(=O)c2ccccc2C(F)(F)F)cc(I)c1OCc1ccc(C)cc1. The highest BCUT2D eigenvalue weighted by atomic mass is 127. The first-order valence-corrected chi connectivity index (χ1v) is 11.4. The minimum Gasteiger partial charge on any atom is -0.490 e. The Labute approximate surface area is 209 Å². The molecule has 0 saturated heterocycles. The molecule has 0 bridgehead atoms. The first kappa shape index (κ1) is 25.5. The molecule has 3 aromatic rings. The number of nitrogens with zero attached hydrogens (tertiary/aromatic N) is 1. The smallest absolute Gasteiger partial charge is 0.417 e. The molecule has 0 aliphatic carbocycles. The van der Waals surface area contributed by atoms with Gasteiger partial charge in [-0.1, -0.05) is 42.0 Å². The number of rotatable bonds is 8. The van der Waals surface area contributed by atoms with Gasteiger partial charge in [0.25, 0.3) is 5.91 Å². The maximum Gasteiger partial charge on any atom is 0.417 e. The molecule has 3 rings (SSSR count). The summed E-state index contributed by atoms with van der Waals surface area (Å²) < 4.78 is 51.9. The number of amides is 1. The number of nitrogens with one attached hydrogen (secondary N) is 1. The maximum absolute atomic E-state index is 13.1. The maximum atomic E-state index is 13.1. The van der Waals surface area contributed by atoms with Gasteiger partial charge in [-0.3, -0.25) is 4.79 Å². The van der Waals surface area contributed by atoms with Gasteiger partial charge in [-0.05, 0) is 71.8 Å². The number of alkyl halides is 3. The van der Waals surface area contributed by atoms with Gasteiger partial charge in [0.1, 0.15) is 6.61 Å². The van der Waals surface area contributed by atoms with Crippen molar-refractivity contribution in [3.05, 3.63) is 92.1 Å². The molecule has 0 saturated carbocycles. The number of hydrogen-bond acceptors (Lipinski definition) is 4. The van der Waals surface area contributed by atoms with Crippen molar-refractivity contribution in [2.75, 3.05) is 6.61 Å². The van der Waals surface area contributed by atoms with Crippen molar-refractivity contribution < 1.29 is 27.4 Å². The Morgan fingerprint density at radius 3 is 2.47 bits per heavy atom. The van der Waals surface area contributed by atoms with Crippen LogP contribution in [0.5, 0.6) is 11.5 Å². The molecule has 0 fully saturated rings. The summed E-state index contributed by atoms with van der Waals surface area (Å²) in [5, 5.41) is 3.82. The molecule has 178 valence electrons. The molecule has 0 aliphatic heterocycles.